The van der Waals surface area contributed by atoms with Gasteiger partial charge in [0.05, 0.1) is 0 Å². The predicted molar refractivity (Wildman–Crippen MR) is 45.9 cm³/mol. The molecule has 1 aliphatic carbocycles. The molecule has 0 nitrogen and oxygen atoms in total. The van der Waals surface area contributed by atoms with Crippen LogP contribution in [-0.2, 0) is 0 Å². The molecule has 0 aromatic rings. The molecule has 0 amide bonds. The van der Waals surface area contributed by atoms with Crippen molar-refractivity contribution in [2.45, 2.75) is 26.7 Å². The molecular formula is C10H14. The molecule has 1 rings (SSSR count). The molecule has 0 atom stereocenters. The Bertz CT molecular complexity index is 192. The van der Waals surface area contributed by atoms with Gasteiger partial charge < -0.3 is 0 Å². The van der Waals surface area contributed by atoms with Crippen LogP contribution in [0.2, 0.25) is 0 Å². The van der Waals surface area contributed by atoms with Crippen LogP contribution in [0.3, 0.4) is 0 Å². The van der Waals surface area contributed by atoms with Crippen LogP contribution in [0, 0.1) is 0 Å². The van der Waals surface area contributed by atoms with E-state index < -0.39 is 0 Å². The van der Waals surface area contributed by atoms with Gasteiger partial charge in [-0.25, -0.2) is 0 Å². The first-order valence-corrected chi connectivity index (χ1v) is 3.87. The van der Waals surface area contributed by atoms with Gasteiger partial charge >= 0.3 is 0 Å². The second-order valence-electron chi connectivity index (χ2n) is 2.68. The maximum Gasteiger partial charge on any atom is -0.00973 e. The summed E-state index contributed by atoms with van der Waals surface area (Å²) in [5.74, 6) is 0. The van der Waals surface area contributed by atoms with E-state index in [1.807, 2.05) is 0 Å². The summed E-state index contributed by atoms with van der Waals surface area (Å²) in [6.45, 7) is 4.31. The molecule has 1 aliphatic rings. The number of hydrogen-bond donors (Lipinski definition) is 0. The summed E-state index contributed by atoms with van der Waals surface area (Å²) in [4.78, 5) is 0. The summed E-state index contributed by atoms with van der Waals surface area (Å²) in [6, 6.07) is 0. The number of rotatable bonds is 1. The minimum absolute atomic E-state index is 1.12. The van der Waals surface area contributed by atoms with Crippen molar-refractivity contribution in [2.75, 3.05) is 0 Å². The van der Waals surface area contributed by atoms with Crippen molar-refractivity contribution in [1.82, 2.24) is 0 Å². The third-order valence-corrected chi connectivity index (χ3v) is 1.61. The van der Waals surface area contributed by atoms with Gasteiger partial charge in [0.15, 0.2) is 0 Å². The zero-order chi connectivity index (χ0) is 7.40. The minimum Gasteiger partial charge on any atom is -0.0813 e. The van der Waals surface area contributed by atoms with Crippen molar-refractivity contribution >= 4 is 0 Å². The monoisotopic (exact) mass is 134 g/mol. The second kappa shape index (κ2) is 3.40. The first-order chi connectivity index (χ1) is 4.83. The van der Waals surface area contributed by atoms with Gasteiger partial charge in [-0.2, -0.15) is 0 Å². The van der Waals surface area contributed by atoms with Gasteiger partial charge in [0.2, 0.25) is 0 Å². The molecule has 0 saturated carbocycles. The lowest BCUT2D eigenvalue weighted by Crippen LogP contribution is -1.83. The second-order valence-corrected chi connectivity index (χ2v) is 2.68. The van der Waals surface area contributed by atoms with Crippen LogP contribution in [0.5, 0.6) is 0 Å². The van der Waals surface area contributed by atoms with Crippen LogP contribution in [0.15, 0.2) is 35.5 Å². The molecule has 0 radical (unpaired) electrons. The molecule has 0 heterocycles. The van der Waals surface area contributed by atoms with E-state index in [0.29, 0.717) is 0 Å². The standard InChI is InChI=1S/C10H14/c1-3-5-10-7-4-6-9(2)8-10/h4-6,8H,3,7H2,1-2H3/b10-5+. The van der Waals surface area contributed by atoms with Crippen molar-refractivity contribution in [3.63, 3.8) is 0 Å². The lowest BCUT2D eigenvalue weighted by molar-refractivity contribution is 1.14. The van der Waals surface area contributed by atoms with E-state index in [4.69, 9.17) is 0 Å². The van der Waals surface area contributed by atoms with Crippen LogP contribution >= 0.6 is 0 Å². The summed E-state index contributed by atoms with van der Waals surface area (Å²) >= 11 is 0. The lowest BCUT2D eigenvalue weighted by atomic mass is 10.0. The molecule has 0 fully saturated rings. The summed E-state index contributed by atoms with van der Waals surface area (Å²) in [5, 5.41) is 0. The van der Waals surface area contributed by atoms with Crippen molar-refractivity contribution in [2.24, 2.45) is 0 Å². The molecule has 0 bridgehead atoms. The fourth-order valence-corrected chi connectivity index (χ4v) is 1.18. The Balaban J connectivity index is 2.68. The average Bonchev–Trinajstić information content (AvgIpc) is 1.88. The third-order valence-electron chi connectivity index (χ3n) is 1.61. The van der Waals surface area contributed by atoms with Crippen molar-refractivity contribution in [1.29, 1.82) is 0 Å². The molecule has 54 valence electrons. The van der Waals surface area contributed by atoms with E-state index >= 15 is 0 Å². The Kier molecular flexibility index (Phi) is 2.49. The Morgan fingerprint density at radius 1 is 1.60 bits per heavy atom. The van der Waals surface area contributed by atoms with Gasteiger partial charge in [-0.05, 0) is 25.3 Å². The summed E-state index contributed by atoms with van der Waals surface area (Å²) < 4.78 is 0. The first kappa shape index (κ1) is 7.33. The summed E-state index contributed by atoms with van der Waals surface area (Å²) in [5.41, 5.74) is 2.83. The highest BCUT2D eigenvalue weighted by molar-refractivity contribution is 5.35. The molecule has 0 aliphatic heterocycles. The Morgan fingerprint density at radius 2 is 2.40 bits per heavy atom. The van der Waals surface area contributed by atoms with Crippen LogP contribution in [0.1, 0.15) is 26.7 Å². The molecular weight excluding hydrogens is 120 g/mol. The Labute approximate surface area is 62.9 Å². The molecule has 0 N–H and O–H groups in total. The molecule has 0 aromatic carbocycles. The van der Waals surface area contributed by atoms with Crippen LogP contribution in [-0.4, -0.2) is 0 Å². The molecule has 0 unspecified atom stereocenters. The Morgan fingerprint density at radius 3 is 3.00 bits per heavy atom. The van der Waals surface area contributed by atoms with Gasteiger partial charge in [-0.15, -0.1) is 0 Å². The topological polar surface area (TPSA) is 0 Å². The zero-order valence-corrected chi connectivity index (χ0v) is 6.72. The largest absolute Gasteiger partial charge is 0.0813 e. The zero-order valence-electron chi connectivity index (χ0n) is 6.72. The molecule has 0 saturated heterocycles. The molecule has 0 heteroatoms. The SMILES string of the molecule is CC/C=C1/C=C(C)C=CC1. The smallest absolute Gasteiger partial charge is 0.00973 e. The molecule has 10 heavy (non-hydrogen) atoms. The van der Waals surface area contributed by atoms with Crippen molar-refractivity contribution < 1.29 is 0 Å². The fourth-order valence-electron chi connectivity index (χ4n) is 1.18. The highest BCUT2D eigenvalue weighted by Gasteiger charge is 1.94. The maximum atomic E-state index is 2.28. The van der Waals surface area contributed by atoms with Gasteiger partial charge in [-0.3, -0.25) is 0 Å². The lowest BCUT2D eigenvalue weighted by Gasteiger charge is -2.04. The Hall–Kier alpha value is -0.780. The van der Waals surface area contributed by atoms with E-state index in [1.165, 1.54) is 11.1 Å². The van der Waals surface area contributed by atoms with E-state index in [-0.39, 0.29) is 0 Å². The third kappa shape index (κ3) is 1.87. The summed E-state index contributed by atoms with van der Waals surface area (Å²) in [6.07, 6.45) is 11.2. The highest BCUT2D eigenvalue weighted by Crippen LogP contribution is 2.15. The van der Waals surface area contributed by atoms with Gasteiger partial charge in [-0.1, -0.05) is 36.8 Å². The van der Waals surface area contributed by atoms with E-state index in [2.05, 4.69) is 38.2 Å². The minimum atomic E-state index is 1.12. The maximum absolute atomic E-state index is 2.28. The number of hydrogen-bond acceptors (Lipinski definition) is 0. The van der Waals surface area contributed by atoms with Crippen molar-refractivity contribution in [3.05, 3.63) is 35.5 Å². The normalized spacial score (nSPS) is 21.4. The van der Waals surface area contributed by atoms with Crippen LogP contribution < -0.4 is 0 Å². The average molecular weight is 134 g/mol. The molecule has 0 spiro atoms. The quantitative estimate of drug-likeness (QED) is 0.516. The highest BCUT2D eigenvalue weighted by atomic mass is 14.0. The van der Waals surface area contributed by atoms with Crippen molar-refractivity contribution in [3.8, 4) is 0 Å². The fraction of sp³-hybridized carbons (Fsp3) is 0.400. The number of allylic oxidation sites excluding steroid dienone is 6. The van der Waals surface area contributed by atoms with Crippen LogP contribution in [0.25, 0.3) is 0 Å². The van der Waals surface area contributed by atoms with Gasteiger partial charge in [0.25, 0.3) is 0 Å². The predicted octanol–water partition coefficient (Wildman–Crippen LogP) is 3.23. The van der Waals surface area contributed by atoms with E-state index in [1.54, 1.807) is 0 Å². The summed E-state index contributed by atoms with van der Waals surface area (Å²) in [7, 11) is 0. The van der Waals surface area contributed by atoms with Gasteiger partial charge in [0.1, 0.15) is 0 Å². The molecule has 0 aromatic heterocycles. The van der Waals surface area contributed by atoms with Gasteiger partial charge in [0, 0.05) is 0 Å². The first-order valence-electron chi connectivity index (χ1n) is 3.87. The van der Waals surface area contributed by atoms with E-state index in [0.717, 1.165) is 12.8 Å². The van der Waals surface area contributed by atoms with Crippen LogP contribution in [0.4, 0.5) is 0 Å². The van der Waals surface area contributed by atoms with E-state index in [9.17, 15) is 0 Å².